The lowest BCUT2D eigenvalue weighted by molar-refractivity contribution is 0.481. The highest BCUT2D eigenvalue weighted by molar-refractivity contribution is 5.92. The van der Waals surface area contributed by atoms with Crippen LogP contribution >= 0.6 is 0 Å². The first-order chi connectivity index (χ1) is 7.83. The quantitative estimate of drug-likeness (QED) is 0.708. The highest BCUT2D eigenvalue weighted by Crippen LogP contribution is 2.26. The van der Waals surface area contributed by atoms with Crippen LogP contribution in [-0.2, 0) is 0 Å². The molecule has 0 heterocycles. The van der Waals surface area contributed by atoms with Crippen LogP contribution in [0.25, 0.3) is 10.8 Å². The van der Waals surface area contributed by atoms with Crippen molar-refractivity contribution in [1.82, 2.24) is 5.32 Å². The van der Waals surface area contributed by atoms with E-state index in [2.05, 4.69) is 17.2 Å². The summed E-state index contributed by atoms with van der Waals surface area (Å²) in [6.07, 6.45) is 0. The molecule has 0 fully saturated rings. The Balaban J connectivity index is 2.56. The van der Waals surface area contributed by atoms with E-state index in [1.165, 1.54) is 0 Å². The van der Waals surface area contributed by atoms with Crippen LogP contribution in [0.1, 0.15) is 5.56 Å². The lowest BCUT2D eigenvalue weighted by Gasteiger charge is -2.02. The number of phenolic OH excluding ortho intramolecular Hbond substituents is 1. The molecule has 2 N–H and O–H groups in total. The molecule has 16 heavy (non-hydrogen) atoms. The molecule has 2 rings (SSSR count). The zero-order valence-corrected chi connectivity index (χ0v) is 9.12. The van der Waals surface area contributed by atoms with Gasteiger partial charge in [0.05, 0.1) is 6.54 Å². The summed E-state index contributed by atoms with van der Waals surface area (Å²) < 4.78 is 0. The molecule has 0 spiro atoms. The largest absolute Gasteiger partial charge is 0.507 e. The maximum absolute atomic E-state index is 9.71. The van der Waals surface area contributed by atoms with Gasteiger partial charge in [-0.15, -0.1) is 0 Å². The second-order valence-electron chi connectivity index (χ2n) is 3.51. The summed E-state index contributed by atoms with van der Waals surface area (Å²) in [6.45, 7) is 0.662. The summed E-state index contributed by atoms with van der Waals surface area (Å²) in [5.74, 6) is 6.41. The van der Waals surface area contributed by atoms with Gasteiger partial charge in [-0.1, -0.05) is 36.1 Å². The Morgan fingerprint density at radius 2 is 1.88 bits per heavy atom. The van der Waals surface area contributed by atoms with Gasteiger partial charge < -0.3 is 10.4 Å². The molecular formula is C14H13NO. The first-order valence-corrected chi connectivity index (χ1v) is 5.17. The van der Waals surface area contributed by atoms with E-state index < -0.39 is 0 Å². The minimum Gasteiger partial charge on any atom is -0.507 e. The summed E-state index contributed by atoms with van der Waals surface area (Å²) in [6, 6.07) is 11.3. The number of hydrogen-bond acceptors (Lipinski definition) is 2. The van der Waals surface area contributed by atoms with Gasteiger partial charge >= 0.3 is 0 Å². The number of fused-ring (bicyclic) bond motifs is 1. The summed E-state index contributed by atoms with van der Waals surface area (Å²) >= 11 is 0. The van der Waals surface area contributed by atoms with Crippen LogP contribution in [0.4, 0.5) is 0 Å². The van der Waals surface area contributed by atoms with E-state index in [9.17, 15) is 5.11 Å². The Kier molecular flexibility index (Phi) is 3.09. The third-order valence-corrected chi connectivity index (χ3v) is 2.39. The molecule has 0 aromatic heterocycles. The molecular weight excluding hydrogens is 198 g/mol. The van der Waals surface area contributed by atoms with Gasteiger partial charge in [-0.2, -0.15) is 0 Å². The van der Waals surface area contributed by atoms with Gasteiger partial charge in [0.1, 0.15) is 5.75 Å². The van der Waals surface area contributed by atoms with Crippen LogP contribution in [0.15, 0.2) is 36.4 Å². The van der Waals surface area contributed by atoms with Crippen LogP contribution in [0.5, 0.6) is 5.75 Å². The maximum atomic E-state index is 9.71. The van der Waals surface area contributed by atoms with Crippen molar-refractivity contribution in [3.05, 3.63) is 42.0 Å². The van der Waals surface area contributed by atoms with E-state index in [4.69, 9.17) is 0 Å². The van der Waals surface area contributed by atoms with E-state index in [-0.39, 0.29) is 0 Å². The third kappa shape index (κ3) is 2.00. The maximum Gasteiger partial charge on any atom is 0.123 e. The summed E-state index contributed by atoms with van der Waals surface area (Å²) in [5, 5.41) is 14.5. The number of benzene rings is 2. The minimum atomic E-state index is 0.301. The number of aromatic hydroxyl groups is 1. The summed E-state index contributed by atoms with van der Waals surface area (Å²) in [7, 11) is 1.86. The second-order valence-corrected chi connectivity index (χ2v) is 3.51. The van der Waals surface area contributed by atoms with E-state index in [0.717, 1.165) is 16.3 Å². The fourth-order valence-electron chi connectivity index (χ4n) is 1.62. The lowest BCUT2D eigenvalue weighted by atomic mass is 10.0. The first kappa shape index (κ1) is 10.5. The third-order valence-electron chi connectivity index (χ3n) is 2.39. The number of hydrogen-bond donors (Lipinski definition) is 2. The smallest absolute Gasteiger partial charge is 0.123 e. The highest BCUT2D eigenvalue weighted by atomic mass is 16.3. The Labute approximate surface area is 94.9 Å². The molecule has 2 aromatic rings. The number of rotatable bonds is 1. The Bertz CT molecular complexity index is 564. The molecule has 0 saturated heterocycles. The number of nitrogens with one attached hydrogen (secondary N) is 1. The van der Waals surface area contributed by atoms with Crippen molar-refractivity contribution < 1.29 is 5.11 Å². The van der Waals surface area contributed by atoms with Gasteiger partial charge in [0.15, 0.2) is 0 Å². The SMILES string of the molecule is CNCC#Cc1ccc(O)c2ccccc12. The zero-order chi connectivity index (χ0) is 11.4. The van der Waals surface area contributed by atoms with Crippen LogP contribution in [0, 0.1) is 11.8 Å². The Morgan fingerprint density at radius 1 is 1.12 bits per heavy atom. The first-order valence-electron chi connectivity index (χ1n) is 5.17. The van der Waals surface area contributed by atoms with Crippen molar-refractivity contribution >= 4 is 10.8 Å². The van der Waals surface area contributed by atoms with Gasteiger partial charge in [-0.25, -0.2) is 0 Å². The van der Waals surface area contributed by atoms with Crippen LogP contribution in [-0.4, -0.2) is 18.7 Å². The molecule has 2 heteroatoms. The molecule has 0 unspecified atom stereocenters. The van der Waals surface area contributed by atoms with Crippen molar-refractivity contribution in [2.24, 2.45) is 0 Å². The molecule has 80 valence electrons. The van der Waals surface area contributed by atoms with E-state index in [1.54, 1.807) is 6.07 Å². The van der Waals surface area contributed by atoms with Crippen LogP contribution < -0.4 is 5.32 Å². The molecule has 0 amide bonds. The second kappa shape index (κ2) is 4.69. The van der Waals surface area contributed by atoms with Gasteiger partial charge in [0.2, 0.25) is 0 Å². The number of phenols is 1. The zero-order valence-electron chi connectivity index (χ0n) is 9.12. The Hall–Kier alpha value is -1.98. The fraction of sp³-hybridized carbons (Fsp3) is 0.143. The molecule has 0 atom stereocenters. The normalized spacial score (nSPS) is 9.81. The minimum absolute atomic E-state index is 0.301. The molecule has 0 radical (unpaired) electrons. The van der Waals surface area contributed by atoms with E-state index in [0.29, 0.717) is 12.3 Å². The fourth-order valence-corrected chi connectivity index (χ4v) is 1.62. The molecule has 2 aromatic carbocycles. The molecule has 2 nitrogen and oxygen atoms in total. The van der Waals surface area contributed by atoms with E-state index in [1.807, 2.05) is 37.4 Å². The summed E-state index contributed by atoms with van der Waals surface area (Å²) in [4.78, 5) is 0. The summed E-state index contributed by atoms with van der Waals surface area (Å²) in [5.41, 5.74) is 0.948. The van der Waals surface area contributed by atoms with Crippen LogP contribution in [0.3, 0.4) is 0 Å². The molecule has 0 aliphatic heterocycles. The van der Waals surface area contributed by atoms with E-state index >= 15 is 0 Å². The average Bonchev–Trinajstić information content (AvgIpc) is 2.33. The predicted molar refractivity (Wildman–Crippen MR) is 66.4 cm³/mol. The van der Waals surface area contributed by atoms with Gasteiger partial charge in [-0.05, 0) is 19.2 Å². The topological polar surface area (TPSA) is 32.3 Å². The van der Waals surface area contributed by atoms with Crippen molar-refractivity contribution in [3.8, 4) is 17.6 Å². The Morgan fingerprint density at radius 3 is 2.62 bits per heavy atom. The van der Waals surface area contributed by atoms with Crippen molar-refractivity contribution in [3.63, 3.8) is 0 Å². The average molecular weight is 211 g/mol. The van der Waals surface area contributed by atoms with Gasteiger partial charge in [-0.3, -0.25) is 0 Å². The molecule has 0 aliphatic rings. The monoisotopic (exact) mass is 211 g/mol. The molecule has 0 aliphatic carbocycles. The lowest BCUT2D eigenvalue weighted by Crippen LogP contribution is -2.04. The van der Waals surface area contributed by atoms with Gasteiger partial charge in [0, 0.05) is 16.3 Å². The highest BCUT2D eigenvalue weighted by Gasteiger charge is 2.01. The molecule has 0 saturated carbocycles. The van der Waals surface area contributed by atoms with Crippen molar-refractivity contribution in [2.75, 3.05) is 13.6 Å². The van der Waals surface area contributed by atoms with Gasteiger partial charge in [0.25, 0.3) is 0 Å². The van der Waals surface area contributed by atoms with Crippen molar-refractivity contribution in [1.29, 1.82) is 0 Å². The standard InChI is InChI=1S/C14H13NO/c1-15-10-4-5-11-8-9-14(16)13-7-3-2-6-12(11)13/h2-3,6-9,15-16H,10H2,1H3. The predicted octanol–water partition coefficient (Wildman–Crippen LogP) is 2.12. The van der Waals surface area contributed by atoms with Crippen molar-refractivity contribution in [2.45, 2.75) is 0 Å². The molecule has 0 bridgehead atoms. The van der Waals surface area contributed by atoms with Crippen LogP contribution in [0.2, 0.25) is 0 Å².